The number of hydrogen-bond acceptors (Lipinski definition) is 2. The van der Waals surface area contributed by atoms with Crippen molar-refractivity contribution in [2.45, 2.75) is 12.8 Å². The van der Waals surface area contributed by atoms with E-state index in [1.54, 1.807) is 0 Å². The summed E-state index contributed by atoms with van der Waals surface area (Å²) < 4.78 is 0. The van der Waals surface area contributed by atoms with Crippen molar-refractivity contribution in [2.24, 2.45) is 0 Å². The summed E-state index contributed by atoms with van der Waals surface area (Å²) in [6, 6.07) is 21.1. The molecule has 2 aromatic rings. The van der Waals surface area contributed by atoms with Gasteiger partial charge < -0.3 is 0 Å². The molecule has 0 aromatic heterocycles. The molecule has 0 unspecified atom stereocenters. The van der Waals surface area contributed by atoms with Crippen LogP contribution in [0.4, 0.5) is 0 Å². The molecule has 0 saturated carbocycles. The van der Waals surface area contributed by atoms with Gasteiger partial charge in [-0.1, -0.05) is 60.7 Å². The van der Waals surface area contributed by atoms with Crippen molar-refractivity contribution in [3.63, 3.8) is 0 Å². The number of benzene rings is 2. The molecule has 0 aliphatic carbocycles. The Morgan fingerprint density at radius 1 is 0.556 bits per heavy atom. The van der Waals surface area contributed by atoms with Gasteiger partial charge >= 0.3 is 0 Å². The lowest BCUT2D eigenvalue weighted by Crippen LogP contribution is -2.34. The lowest BCUT2D eigenvalue weighted by molar-refractivity contribution is 0.537. The number of rotatable bonds is 7. The van der Waals surface area contributed by atoms with E-state index in [1.807, 2.05) is 0 Å². The molecule has 2 heteroatoms. The van der Waals surface area contributed by atoms with Crippen LogP contribution in [0.3, 0.4) is 0 Å². The highest BCUT2D eigenvalue weighted by molar-refractivity contribution is 5.15. The molecular weight excluding hydrogens is 220 g/mol. The molecule has 18 heavy (non-hydrogen) atoms. The molecular formula is C16H20N2. The lowest BCUT2D eigenvalue weighted by Gasteiger charge is -2.07. The average Bonchev–Trinajstić information content (AvgIpc) is 2.45. The quantitative estimate of drug-likeness (QED) is 0.574. The fourth-order valence-corrected chi connectivity index (χ4v) is 1.88. The highest BCUT2D eigenvalue weighted by Crippen LogP contribution is 1.98. The van der Waals surface area contributed by atoms with Gasteiger partial charge in [0.25, 0.3) is 0 Å². The zero-order chi connectivity index (χ0) is 12.5. The van der Waals surface area contributed by atoms with Gasteiger partial charge in [-0.05, 0) is 24.0 Å². The van der Waals surface area contributed by atoms with Gasteiger partial charge in [0.05, 0.1) is 0 Å². The number of hydrogen-bond donors (Lipinski definition) is 2. The number of nitrogens with one attached hydrogen (secondary N) is 2. The Bertz CT molecular complexity index is 382. The van der Waals surface area contributed by atoms with Crippen LogP contribution in [0.25, 0.3) is 0 Å². The van der Waals surface area contributed by atoms with E-state index in [0.29, 0.717) is 0 Å². The summed E-state index contributed by atoms with van der Waals surface area (Å²) >= 11 is 0. The lowest BCUT2D eigenvalue weighted by atomic mass is 10.1. The molecule has 0 bridgehead atoms. The second kappa shape index (κ2) is 7.64. The van der Waals surface area contributed by atoms with Gasteiger partial charge in [-0.25, -0.2) is 0 Å². The second-order valence-corrected chi connectivity index (χ2v) is 4.32. The van der Waals surface area contributed by atoms with E-state index in [1.165, 1.54) is 11.1 Å². The Kier molecular flexibility index (Phi) is 5.44. The summed E-state index contributed by atoms with van der Waals surface area (Å²) in [5.74, 6) is 0. The van der Waals surface area contributed by atoms with Crippen molar-refractivity contribution in [1.29, 1.82) is 0 Å². The van der Waals surface area contributed by atoms with Crippen LogP contribution in [0.5, 0.6) is 0 Å². The van der Waals surface area contributed by atoms with E-state index in [2.05, 4.69) is 71.5 Å². The minimum atomic E-state index is 0.957. The largest absolute Gasteiger partial charge is 0.258 e. The zero-order valence-corrected chi connectivity index (χ0v) is 10.6. The molecule has 2 nitrogen and oxygen atoms in total. The maximum atomic E-state index is 3.25. The van der Waals surface area contributed by atoms with Gasteiger partial charge in [0.1, 0.15) is 0 Å². The van der Waals surface area contributed by atoms with Crippen LogP contribution in [0.2, 0.25) is 0 Å². The first kappa shape index (κ1) is 12.8. The maximum Gasteiger partial charge on any atom is 0.0140 e. The van der Waals surface area contributed by atoms with Crippen molar-refractivity contribution >= 4 is 0 Å². The molecule has 0 aliphatic rings. The second-order valence-electron chi connectivity index (χ2n) is 4.32. The molecule has 0 heterocycles. The normalized spacial score (nSPS) is 10.4. The van der Waals surface area contributed by atoms with E-state index < -0.39 is 0 Å². The van der Waals surface area contributed by atoms with Crippen LogP contribution in [-0.4, -0.2) is 13.1 Å². The molecule has 0 spiro atoms. The van der Waals surface area contributed by atoms with Crippen LogP contribution in [0.1, 0.15) is 11.1 Å². The Morgan fingerprint density at radius 2 is 0.944 bits per heavy atom. The summed E-state index contributed by atoms with van der Waals surface area (Å²) in [7, 11) is 0. The van der Waals surface area contributed by atoms with Gasteiger partial charge in [-0.3, -0.25) is 10.9 Å². The standard InChI is InChI=1S/C16H20N2/c1-3-7-15(8-4-1)11-13-17-18-14-12-16-9-5-2-6-10-16/h1-10,17-18H,11-14H2. The third-order valence-electron chi connectivity index (χ3n) is 2.89. The van der Waals surface area contributed by atoms with Crippen molar-refractivity contribution < 1.29 is 0 Å². The van der Waals surface area contributed by atoms with Crippen LogP contribution in [0.15, 0.2) is 60.7 Å². The molecule has 0 amide bonds. The monoisotopic (exact) mass is 240 g/mol. The fraction of sp³-hybridized carbons (Fsp3) is 0.250. The van der Waals surface area contributed by atoms with E-state index >= 15 is 0 Å². The first-order chi connectivity index (χ1) is 8.95. The van der Waals surface area contributed by atoms with Crippen molar-refractivity contribution in [3.05, 3.63) is 71.8 Å². The van der Waals surface area contributed by atoms with Crippen molar-refractivity contribution in [1.82, 2.24) is 10.9 Å². The SMILES string of the molecule is c1ccc(CCNNCCc2ccccc2)cc1. The highest BCUT2D eigenvalue weighted by Gasteiger charge is 1.92. The predicted molar refractivity (Wildman–Crippen MR) is 76.3 cm³/mol. The van der Waals surface area contributed by atoms with E-state index in [-0.39, 0.29) is 0 Å². The zero-order valence-electron chi connectivity index (χ0n) is 10.6. The molecule has 0 fully saturated rings. The highest BCUT2D eigenvalue weighted by atomic mass is 15.3. The smallest absolute Gasteiger partial charge is 0.0140 e. The Balaban J connectivity index is 1.54. The Hall–Kier alpha value is -1.64. The summed E-state index contributed by atoms with van der Waals surface area (Å²) in [6.07, 6.45) is 2.11. The molecule has 0 atom stereocenters. The third kappa shape index (κ3) is 4.70. The van der Waals surface area contributed by atoms with Gasteiger partial charge in [-0.2, -0.15) is 0 Å². The molecule has 2 N–H and O–H groups in total. The minimum Gasteiger partial charge on any atom is -0.258 e. The molecule has 2 rings (SSSR count). The molecule has 0 aliphatic heterocycles. The summed E-state index contributed by atoms with van der Waals surface area (Å²) in [4.78, 5) is 0. The van der Waals surface area contributed by atoms with Crippen LogP contribution in [-0.2, 0) is 12.8 Å². The van der Waals surface area contributed by atoms with Crippen molar-refractivity contribution in [2.75, 3.05) is 13.1 Å². The van der Waals surface area contributed by atoms with Gasteiger partial charge in [0, 0.05) is 13.1 Å². The molecule has 94 valence electrons. The number of hydrazine groups is 1. The maximum absolute atomic E-state index is 3.25. The topological polar surface area (TPSA) is 24.1 Å². The Morgan fingerprint density at radius 3 is 1.33 bits per heavy atom. The molecule has 2 aromatic carbocycles. The molecule has 0 radical (unpaired) electrons. The van der Waals surface area contributed by atoms with E-state index in [4.69, 9.17) is 0 Å². The first-order valence-corrected chi connectivity index (χ1v) is 6.49. The van der Waals surface area contributed by atoms with E-state index in [0.717, 1.165) is 25.9 Å². The predicted octanol–water partition coefficient (Wildman–Crippen LogP) is 2.57. The summed E-state index contributed by atoms with van der Waals surface area (Å²) in [6.45, 7) is 1.91. The third-order valence-corrected chi connectivity index (χ3v) is 2.89. The first-order valence-electron chi connectivity index (χ1n) is 6.49. The molecule has 0 saturated heterocycles. The van der Waals surface area contributed by atoms with Gasteiger partial charge in [0.15, 0.2) is 0 Å². The van der Waals surface area contributed by atoms with Crippen LogP contribution >= 0.6 is 0 Å². The van der Waals surface area contributed by atoms with Gasteiger partial charge in [-0.15, -0.1) is 0 Å². The summed E-state index contributed by atoms with van der Waals surface area (Å²) in [5, 5.41) is 0. The Labute approximate surface area is 109 Å². The van der Waals surface area contributed by atoms with Crippen LogP contribution < -0.4 is 10.9 Å². The van der Waals surface area contributed by atoms with Gasteiger partial charge in [0.2, 0.25) is 0 Å². The fourth-order valence-electron chi connectivity index (χ4n) is 1.88. The minimum absolute atomic E-state index is 0.957. The average molecular weight is 240 g/mol. The van der Waals surface area contributed by atoms with Crippen molar-refractivity contribution in [3.8, 4) is 0 Å². The summed E-state index contributed by atoms with van der Waals surface area (Å²) in [5.41, 5.74) is 9.25. The van der Waals surface area contributed by atoms with Crippen LogP contribution in [0, 0.1) is 0 Å². The van der Waals surface area contributed by atoms with E-state index in [9.17, 15) is 0 Å².